The van der Waals surface area contributed by atoms with Gasteiger partial charge in [-0.2, -0.15) is 4.98 Å². The molecule has 2 unspecified atom stereocenters. The van der Waals surface area contributed by atoms with E-state index in [1.165, 1.54) is 0 Å². The zero-order valence-corrected chi connectivity index (χ0v) is 10.5. The number of nitrogens with zero attached hydrogens (tertiary/aromatic N) is 3. The molecule has 0 saturated carbocycles. The monoisotopic (exact) mass is 239 g/mol. The largest absolute Gasteiger partial charge is 0.374 e. The average molecular weight is 239 g/mol. The van der Waals surface area contributed by atoms with Crippen LogP contribution in [0.2, 0.25) is 0 Å². The van der Waals surface area contributed by atoms with Crippen LogP contribution < -0.4 is 10.6 Å². The van der Waals surface area contributed by atoms with Crippen molar-refractivity contribution in [3.63, 3.8) is 0 Å². The lowest BCUT2D eigenvalue weighted by Gasteiger charge is -2.36. The van der Waals surface area contributed by atoms with Gasteiger partial charge in [-0.05, 0) is 26.7 Å². The van der Waals surface area contributed by atoms with Crippen molar-refractivity contribution >= 4 is 5.95 Å². The van der Waals surface area contributed by atoms with Gasteiger partial charge >= 0.3 is 0 Å². The summed E-state index contributed by atoms with van der Waals surface area (Å²) in [5.41, 5.74) is 6.06. The molecule has 1 saturated heterocycles. The summed E-state index contributed by atoms with van der Waals surface area (Å²) in [6.07, 6.45) is 2.18. The lowest BCUT2D eigenvalue weighted by atomic mass is 9.99. The average Bonchev–Trinajstić information content (AvgIpc) is 2.78. The number of hydrogen-bond donors (Lipinski definition) is 2. The van der Waals surface area contributed by atoms with Crippen molar-refractivity contribution in [3.8, 4) is 0 Å². The van der Waals surface area contributed by atoms with Crippen LogP contribution in [0.3, 0.4) is 0 Å². The zero-order valence-electron chi connectivity index (χ0n) is 10.5. The highest BCUT2D eigenvalue weighted by Gasteiger charge is 2.27. The molecule has 6 nitrogen and oxygen atoms in total. The standard InChI is InChI=1S/C11H21N5O/c1-3-17-7-10-13-11(15-14-10)16-6-4-5-9(12)8(16)2/h8-9H,3-7,12H2,1-2H3,(H,13,14,15). The zero-order chi connectivity index (χ0) is 12.3. The number of aromatic nitrogens is 3. The Balaban J connectivity index is 2.03. The van der Waals surface area contributed by atoms with Crippen molar-refractivity contribution in [1.82, 2.24) is 15.2 Å². The Morgan fingerprint density at radius 2 is 2.41 bits per heavy atom. The number of ether oxygens (including phenoxy) is 1. The highest BCUT2D eigenvalue weighted by molar-refractivity contribution is 5.32. The third-order valence-electron chi connectivity index (χ3n) is 3.27. The molecule has 0 bridgehead atoms. The Kier molecular flexibility index (Phi) is 3.96. The van der Waals surface area contributed by atoms with Gasteiger partial charge in [0, 0.05) is 25.2 Å². The maximum atomic E-state index is 6.06. The molecule has 0 spiro atoms. The van der Waals surface area contributed by atoms with E-state index in [9.17, 15) is 0 Å². The van der Waals surface area contributed by atoms with Crippen LogP contribution in [0.5, 0.6) is 0 Å². The Bertz CT molecular complexity index is 353. The molecule has 96 valence electrons. The fourth-order valence-electron chi connectivity index (χ4n) is 2.13. The van der Waals surface area contributed by atoms with Gasteiger partial charge in [-0.3, -0.25) is 5.10 Å². The number of aromatic amines is 1. The van der Waals surface area contributed by atoms with Gasteiger partial charge in [0.1, 0.15) is 6.61 Å². The molecule has 6 heteroatoms. The Labute approximate surface area is 102 Å². The van der Waals surface area contributed by atoms with Crippen molar-refractivity contribution in [3.05, 3.63) is 5.82 Å². The first-order valence-corrected chi connectivity index (χ1v) is 6.23. The van der Waals surface area contributed by atoms with E-state index in [0.29, 0.717) is 19.3 Å². The molecular weight excluding hydrogens is 218 g/mol. The molecule has 2 atom stereocenters. The van der Waals surface area contributed by atoms with Gasteiger partial charge in [0.05, 0.1) is 0 Å². The summed E-state index contributed by atoms with van der Waals surface area (Å²) in [7, 11) is 0. The Morgan fingerprint density at radius 1 is 1.59 bits per heavy atom. The Hall–Kier alpha value is -1.14. The summed E-state index contributed by atoms with van der Waals surface area (Å²) in [6.45, 7) is 6.23. The van der Waals surface area contributed by atoms with E-state index in [4.69, 9.17) is 10.5 Å². The summed E-state index contributed by atoms with van der Waals surface area (Å²) in [6, 6.07) is 0.497. The smallest absolute Gasteiger partial charge is 0.245 e. The van der Waals surface area contributed by atoms with E-state index in [0.717, 1.165) is 31.2 Å². The topological polar surface area (TPSA) is 80.1 Å². The number of hydrogen-bond acceptors (Lipinski definition) is 5. The van der Waals surface area contributed by atoms with Crippen LogP contribution in [0.1, 0.15) is 32.5 Å². The normalized spacial score (nSPS) is 25.2. The Morgan fingerprint density at radius 3 is 3.18 bits per heavy atom. The summed E-state index contributed by atoms with van der Waals surface area (Å²) in [5.74, 6) is 1.51. The van der Waals surface area contributed by atoms with Crippen molar-refractivity contribution in [1.29, 1.82) is 0 Å². The maximum absolute atomic E-state index is 6.06. The maximum Gasteiger partial charge on any atom is 0.245 e. The second-order valence-electron chi connectivity index (χ2n) is 4.46. The molecule has 0 amide bonds. The van der Waals surface area contributed by atoms with Gasteiger partial charge in [0.15, 0.2) is 5.82 Å². The van der Waals surface area contributed by atoms with Crippen molar-refractivity contribution in [2.45, 2.75) is 45.4 Å². The van der Waals surface area contributed by atoms with Crippen LogP contribution in [-0.2, 0) is 11.3 Å². The summed E-state index contributed by atoms with van der Waals surface area (Å²) in [5, 5.41) is 7.14. The molecule has 2 heterocycles. The van der Waals surface area contributed by atoms with Crippen LogP contribution >= 0.6 is 0 Å². The summed E-state index contributed by atoms with van der Waals surface area (Å²) >= 11 is 0. The van der Waals surface area contributed by atoms with E-state index < -0.39 is 0 Å². The second kappa shape index (κ2) is 5.46. The molecule has 0 aromatic carbocycles. The minimum Gasteiger partial charge on any atom is -0.374 e. The van der Waals surface area contributed by atoms with E-state index in [2.05, 4.69) is 27.0 Å². The van der Waals surface area contributed by atoms with E-state index in [-0.39, 0.29) is 6.04 Å². The second-order valence-corrected chi connectivity index (χ2v) is 4.46. The molecule has 1 aliphatic heterocycles. The number of H-pyrrole nitrogens is 1. The fourth-order valence-corrected chi connectivity index (χ4v) is 2.13. The number of anilines is 1. The molecule has 1 aliphatic rings. The minimum atomic E-state index is 0.206. The van der Waals surface area contributed by atoms with Crippen LogP contribution in [0, 0.1) is 0 Å². The molecule has 3 N–H and O–H groups in total. The highest BCUT2D eigenvalue weighted by atomic mass is 16.5. The van der Waals surface area contributed by atoms with Gasteiger partial charge < -0.3 is 15.4 Å². The van der Waals surface area contributed by atoms with Gasteiger partial charge in [-0.15, -0.1) is 5.10 Å². The van der Waals surface area contributed by atoms with E-state index >= 15 is 0 Å². The predicted molar refractivity (Wildman–Crippen MR) is 65.7 cm³/mol. The molecule has 0 aliphatic carbocycles. The van der Waals surface area contributed by atoms with Gasteiger partial charge in [-0.25, -0.2) is 0 Å². The fraction of sp³-hybridized carbons (Fsp3) is 0.818. The third kappa shape index (κ3) is 2.76. The molecule has 2 rings (SSSR count). The van der Waals surface area contributed by atoms with Gasteiger partial charge in [0.2, 0.25) is 5.95 Å². The first kappa shape index (κ1) is 12.3. The van der Waals surface area contributed by atoms with Crippen LogP contribution in [0.15, 0.2) is 0 Å². The molecule has 1 aromatic rings. The minimum absolute atomic E-state index is 0.206. The third-order valence-corrected chi connectivity index (χ3v) is 3.27. The number of nitrogens with two attached hydrogens (primary N) is 1. The van der Waals surface area contributed by atoms with Crippen LogP contribution in [0.25, 0.3) is 0 Å². The van der Waals surface area contributed by atoms with Crippen LogP contribution in [0.4, 0.5) is 5.95 Å². The van der Waals surface area contributed by atoms with Gasteiger partial charge in [-0.1, -0.05) is 0 Å². The van der Waals surface area contributed by atoms with Crippen molar-refractivity contribution in [2.24, 2.45) is 5.73 Å². The van der Waals surface area contributed by atoms with Crippen molar-refractivity contribution < 1.29 is 4.74 Å². The highest BCUT2D eigenvalue weighted by Crippen LogP contribution is 2.20. The van der Waals surface area contributed by atoms with E-state index in [1.807, 2.05) is 6.92 Å². The number of piperidine rings is 1. The first-order valence-electron chi connectivity index (χ1n) is 6.23. The SMILES string of the molecule is CCOCc1nc(N2CCCC(N)C2C)n[nH]1. The summed E-state index contributed by atoms with van der Waals surface area (Å²) < 4.78 is 5.29. The lowest BCUT2D eigenvalue weighted by Crippen LogP contribution is -2.51. The van der Waals surface area contributed by atoms with Crippen molar-refractivity contribution in [2.75, 3.05) is 18.1 Å². The number of nitrogens with one attached hydrogen (secondary N) is 1. The van der Waals surface area contributed by atoms with E-state index in [1.54, 1.807) is 0 Å². The lowest BCUT2D eigenvalue weighted by molar-refractivity contribution is 0.128. The van der Waals surface area contributed by atoms with Crippen LogP contribution in [-0.4, -0.2) is 40.4 Å². The first-order chi connectivity index (χ1) is 8.22. The molecule has 1 aromatic heterocycles. The molecular formula is C11H21N5O. The molecule has 0 radical (unpaired) electrons. The molecule has 1 fully saturated rings. The number of rotatable bonds is 4. The quantitative estimate of drug-likeness (QED) is 0.806. The predicted octanol–water partition coefficient (Wildman–Crippen LogP) is 0.657. The molecule has 17 heavy (non-hydrogen) atoms. The van der Waals surface area contributed by atoms with Gasteiger partial charge in [0.25, 0.3) is 0 Å². The summed E-state index contributed by atoms with van der Waals surface area (Å²) in [4.78, 5) is 6.60.